The molecule has 33 heavy (non-hydrogen) atoms. The molecule has 0 radical (unpaired) electrons. The highest BCUT2D eigenvalue weighted by Crippen LogP contribution is 2.31. The fraction of sp³-hybridized carbons (Fsp3) is 0.208. The molecule has 1 aliphatic rings. The summed E-state index contributed by atoms with van der Waals surface area (Å²) < 4.78 is 27.2. The second-order valence-corrected chi connectivity index (χ2v) is 7.63. The lowest BCUT2D eigenvalue weighted by Crippen LogP contribution is -2.43. The number of amides is 2. The molecule has 4 rings (SSSR count). The zero-order valence-corrected chi connectivity index (χ0v) is 17.4. The van der Waals surface area contributed by atoms with Gasteiger partial charge < -0.3 is 10.2 Å². The van der Waals surface area contributed by atoms with Crippen molar-refractivity contribution >= 4 is 34.9 Å². The van der Waals surface area contributed by atoms with Gasteiger partial charge in [0.05, 0.1) is 35.9 Å². The Hall–Kier alpha value is -4.19. The van der Waals surface area contributed by atoms with E-state index in [2.05, 4.69) is 15.3 Å². The third kappa shape index (κ3) is 5.01. The summed E-state index contributed by atoms with van der Waals surface area (Å²) in [5.41, 5.74) is 2.49. The van der Waals surface area contributed by atoms with Crippen molar-refractivity contribution in [3.05, 3.63) is 71.7 Å². The van der Waals surface area contributed by atoms with Crippen molar-refractivity contribution < 1.29 is 18.4 Å². The number of alkyl halides is 2. The van der Waals surface area contributed by atoms with E-state index < -0.39 is 43.3 Å². The van der Waals surface area contributed by atoms with E-state index in [-0.39, 0.29) is 0 Å². The molecule has 2 aromatic heterocycles. The van der Waals surface area contributed by atoms with E-state index in [1.54, 1.807) is 24.4 Å². The summed E-state index contributed by atoms with van der Waals surface area (Å²) in [5.74, 6) is -4.38. The third-order valence-corrected chi connectivity index (χ3v) is 5.28. The number of fused-ring (bicyclic) bond motifs is 1. The number of benzene rings is 1. The number of aromatic nitrogens is 2. The van der Waals surface area contributed by atoms with Gasteiger partial charge in [-0.1, -0.05) is 18.2 Å². The van der Waals surface area contributed by atoms with Crippen molar-refractivity contribution in [2.75, 3.05) is 13.1 Å². The van der Waals surface area contributed by atoms with Crippen LogP contribution in [-0.2, 0) is 4.79 Å². The molecular formula is C24H19F2N5O2. The second-order valence-electron chi connectivity index (χ2n) is 7.63. The average molecular weight is 447 g/mol. The zero-order valence-electron chi connectivity index (χ0n) is 17.4. The molecule has 1 fully saturated rings. The highest BCUT2D eigenvalue weighted by Gasteiger charge is 2.47. The van der Waals surface area contributed by atoms with Gasteiger partial charge in [0.2, 0.25) is 5.91 Å². The summed E-state index contributed by atoms with van der Waals surface area (Å²) in [4.78, 5) is 34.5. The maximum atomic E-state index is 13.6. The molecule has 1 atom stereocenters. The first-order chi connectivity index (χ1) is 15.9. The highest BCUT2D eigenvalue weighted by atomic mass is 19.3. The van der Waals surface area contributed by atoms with Crippen molar-refractivity contribution in [2.45, 2.75) is 18.4 Å². The molecule has 1 aliphatic heterocycles. The maximum absolute atomic E-state index is 13.6. The van der Waals surface area contributed by atoms with E-state index in [1.165, 1.54) is 12.3 Å². The molecule has 1 saturated heterocycles. The van der Waals surface area contributed by atoms with Crippen LogP contribution in [0.3, 0.4) is 0 Å². The van der Waals surface area contributed by atoms with Gasteiger partial charge in [0.25, 0.3) is 11.8 Å². The Morgan fingerprint density at radius 1 is 1.18 bits per heavy atom. The Bertz CT molecular complexity index is 1270. The molecule has 3 heterocycles. The summed E-state index contributed by atoms with van der Waals surface area (Å²) in [6, 6.07) is 13.0. The molecule has 1 unspecified atom stereocenters. The Balaban J connectivity index is 1.50. The van der Waals surface area contributed by atoms with E-state index in [0.29, 0.717) is 16.5 Å². The maximum Gasteiger partial charge on any atom is 0.268 e. The lowest BCUT2D eigenvalue weighted by Gasteiger charge is -2.19. The number of hydrogen-bond acceptors (Lipinski definition) is 5. The Kier molecular flexibility index (Phi) is 6.09. The van der Waals surface area contributed by atoms with Crippen LogP contribution in [0.2, 0.25) is 0 Å². The van der Waals surface area contributed by atoms with Crippen molar-refractivity contribution in [1.29, 1.82) is 5.26 Å². The Morgan fingerprint density at radius 3 is 2.79 bits per heavy atom. The molecule has 2 amide bonds. The second kappa shape index (κ2) is 9.12. The number of carbonyl (C=O) groups excluding carboxylic acids is 2. The number of rotatable bonds is 5. The molecule has 0 saturated carbocycles. The van der Waals surface area contributed by atoms with Crippen LogP contribution >= 0.6 is 0 Å². The number of likely N-dealkylation sites (tertiary alicyclic amines) is 1. The fourth-order valence-corrected chi connectivity index (χ4v) is 3.67. The van der Waals surface area contributed by atoms with Crippen molar-refractivity contribution in [3.8, 4) is 6.07 Å². The molecule has 7 nitrogen and oxygen atoms in total. The van der Waals surface area contributed by atoms with Crippen LogP contribution in [0.5, 0.6) is 0 Å². The predicted molar refractivity (Wildman–Crippen MR) is 118 cm³/mol. The molecule has 1 N–H and O–H groups in total. The van der Waals surface area contributed by atoms with Crippen LogP contribution in [0.15, 0.2) is 54.9 Å². The molecular weight excluding hydrogens is 428 g/mol. The van der Waals surface area contributed by atoms with Gasteiger partial charge >= 0.3 is 0 Å². The van der Waals surface area contributed by atoms with Gasteiger partial charge in [0.1, 0.15) is 6.04 Å². The third-order valence-electron chi connectivity index (χ3n) is 5.28. The first-order valence-electron chi connectivity index (χ1n) is 10.2. The van der Waals surface area contributed by atoms with Crippen LogP contribution in [0, 0.1) is 11.3 Å². The quantitative estimate of drug-likeness (QED) is 0.647. The van der Waals surface area contributed by atoms with Gasteiger partial charge in [-0.3, -0.25) is 19.6 Å². The fourth-order valence-electron chi connectivity index (χ4n) is 3.67. The van der Waals surface area contributed by atoms with Gasteiger partial charge in [-0.05, 0) is 42.0 Å². The van der Waals surface area contributed by atoms with E-state index >= 15 is 0 Å². The van der Waals surface area contributed by atoms with E-state index in [0.717, 1.165) is 16.2 Å². The minimum atomic E-state index is -3.11. The zero-order chi connectivity index (χ0) is 23.4. The largest absolute Gasteiger partial charge is 0.343 e. The summed E-state index contributed by atoms with van der Waals surface area (Å²) in [6.45, 7) is -1.32. The Morgan fingerprint density at radius 2 is 2.03 bits per heavy atom. The first kappa shape index (κ1) is 22.0. The average Bonchev–Trinajstić information content (AvgIpc) is 3.15. The number of pyridine rings is 2. The van der Waals surface area contributed by atoms with Gasteiger partial charge in [0, 0.05) is 24.2 Å². The molecule has 0 aliphatic carbocycles. The van der Waals surface area contributed by atoms with Crippen LogP contribution in [0.1, 0.15) is 28.0 Å². The number of nitrogens with zero attached hydrogens (tertiary/aromatic N) is 4. The normalized spacial score (nSPS) is 17.2. The van der Waals surface area contributed by atoms with Crippen LogP contribution < -0.4 is 5.32 Å². The topological polar surface area (TPSA) is 99.0 Å². The van der Waals surface area contributed by atoms with Crippen molar-refractivity contribution in [2.24, 2.45) is 0 Å². The van der Waals surface area contributed by atoms with Crippen LogP contribution in [0.25, 0.3) is 23.1 Å². The lowest BCUT2D eigenvalue weighted by molar-refractivity contribution is -0.131. The molecule has 0 spiro atoms. The summed E-state index contributed by atoms with van der Waals surface area (Å²) >= 11 is 0. The number of hydrogen-bond donors (Lipinski definition) is 1. The monoisotopic (exact) mass is 447 g/mol. The number of nitrogens with one attached hydrogen (secondary N) is 1. The highest BCUT2D eigenvalue weighted by molar-refractivity contribution is 6.07. The summed E-state index contributed by atoms with van der Waals surface area (Å²) in [6.07, 6.45) is 6.17. The van der Waals surface area contributed by atoms with Gasteiger partial charge in [0.15, 0.2) is 0 Å². The van der Waals surface area contributed by atoms with Gasteiger partial charge in [-0.2, -0.15) is 5.26 Å². The molecule has 0 bridgehead atoms. The van der Waals surface area contributed by atoms with Gasteiger partial charge in [-0.15, -0.1) is 0 Å². The summed E-state index contributed by atoms with van der Waals surface area (Å²) in [5, 5.41) is 12.1. The predicted octanol–water partition coefficient (Wildman–Crippen LogP) is 3.29. The minimum absolute atomic E-state index is 0.296. The molecule has 166 valence electrons. The number of carbonyl (C=O) groups is 2. The molecule has 9 heteroatoms. The van der Waals surface area contributed by atoms with Crippen LogP contribution in [0.4, 0.5) is 8.78 Å². The first-order valence-corrected chi connectivity index (χ1v) is 10.2. The smallest absolute Gasteiger partial charge is 0.268 e. The van der Waals surface area contributed by atoms with Crippen LogP contribution in [-0.4, -0.2) is 51.7 Å². The van der Waals surface area contributed by atoms with Crippen molar-refractivity contribution in [1.82, 2.24) is 20.2 Å². The van der Waals surface area contributed by atoms with E-state index in [9.17, 15) is 18.4 Å². The summed E-state index contributed by atoms with van der Waals surface area (Å²) in [7, 11) is 0. The van der Waals surface area contributed by atoms with E-state index in [4.69, 9.17) is 5.26 Å². The molecule has 1 aromatic carbocycles. The van der Waals surface area contributed by atoms with E-state index in [1.807, 2.05) is 36.4 Å². The number of halogens is 2. The lowest BCUT2D eigenvalue weighted by atomic mass is 10.0. The Labute approximate surface area is 188 Å². The van der Waals surface area contributed by atoms with Crippen molar-refractivity contribution in [3.63, 3.8) is 0 Å². The minimum Gasteiger partial charge on any atom is -0.343 e. The molecule has 3 aromatic rings. The standard InChI is InChI=1S/C24H19F2N5O2/c25-24(26)12-18(13-27)31(15-24)22(32)14-30-23(33)19-8-10-29-21-7-5-16(11-20(19)21)4-6-17-3-1-2-9-28-17/h1-11,18H,12,14-15H2,(H,30,33). The number of nitriles is 1. The van der Waals surface area contributed by atoms with Gasteiger partial charge in [-0.25, -0.2) is 8.78 Å². The SMILES string of the molecule is N#CC1CC(F)(F)CN1C(=O)CNC(=O)c1ccnc2ccc(C=Cc3ccccn3)cc12.